The van der Waals surface area contributed by atoms with Crippen molar-refractivity contribution >= 4 is 22.6 Å². The number of rotatable bonds is 1. The SMILES string of the molecule is Cc1ccc2nn(-c3ccc(Cl)cc3)nc2c1. The molecule has 17 heavy (non-hydrogen) atoms. The largest absolute Gasteiger partial charge is 0.150 e. The molecule has 0 unspecified atom stereocenters. The molecule has 0 saturated carbocycles. The average Bonchev–Trinajstić information content (AvgIpc) is 2.72. The fourth-order valence-corrected chi connectivity index (χ4v) is 1.84. The Morgan fingerprint density at radius 3 is 2.41 bits per heavy atom. The van der Waals surface area contributed by atoms with Crippen molar-refractivity contribution in [3.05, 3.63) is 53.1 Å². The summed E-state index contributed by atoms with van der Waals surface area (Å²) in [6.07, 6.45) is 0. The van der Waals surface area contributed by atoms with Crippen LogP contribution in [0.4, 0.5) is 0 Å². The molecule has 0 radical (unpaired) electrons. The zero-order valence-electron chi connectivity index (χ0n) is 9.26. The molecule has 3 aromatic rings. The maximum Gasteiger partial charge on any atom is 0.113 e. The number of aromatic nitrogens is 3. The fraction of sp³-hybridized carbons (Fsp3) is 0.0769. The summed E-state index contributed by atoms with van der Waals surface area (Å²) < 4.78 is 0. The van der Waals surface area contributed by atoms with Crippen molar-refractivity contribution in [2.45, 2.75) is 6.92 Å². The van der Waals surface area contributed by atoms with Crippen LogP contribution in [-0.4, -0.2) is 15.0 Å². The molecule has 1 heterocycles. The van der Waals surface area contributed by atoms with E-state index in [0.717, 1.165) is 16.7 Å². The normalized spacial score (nSPS) is 10.9. The van der Waals surface area contributed by atoms with Gasteiger partial charge in [0.15, 0.2) is 0 Å². The van der Waals surface area contributed by atoms with Crippen LogP contribution in [0.15, 0.2) is 42.5 Å². The average molecular weight is 244 g/mol. The van der Waals surface area contributed by atoms with E-state index in [-0.39, 0.29) is 0 Å². The van der Waals surface area contributed by atoms with E-state index < -0.39 is 0 Å². The van der Waals surface area contributed by atoms with E-state index >= 15 is 0 Å². The van der Waals surface area contributed by atoms with E-state index in [2.05, 4.69) is 10.2 Å². The lowest BCUT2D eigenvalue weighted by Gasteiger charge is -1.97. The lowest BCUT2D eigenvalue weighted by Crippen LogP contribution is -1.97. The third-order valence-electron chi connectivity index (χ3n) is 2.59. The topological polar surface area (TPSA) is 30.7 Å². The van der Waals surface area contributed by atoms with Gasteiger partial charge in [0.05, 0.1) is 5.69 Å². The first-order valence-corrected chi connectivity index (χ1v) is 5.70. The monoisotopic (exact) mass is 243 g/mol. The summed E-state index contributed by atoms with van der Waals surface area (Å²) in [5, 5.41) is 9.56. The quantitative estimate of drug-likeness (QED) is 0.656. The van der Waals surface area contributed by atoms with Crippen LogP contribution in [0.25, 0.3) is 16.7 Å². The Morgan fingerprint density at radius 2 is 1.65 bits per heavy atom. The number of benzene rings is 2. The van der Waals surface area contributed by atoms with Crippen molar-refractivity contribution in [3.63, 3.8) is 0 Å². The van der Waals surface area contributed by atoms with Gasteiger partial charge in [0.1, 0.15) is 11.0 Å². The summed E-state index contributed by atoms with van der Waals surface area (Å²) in [4.78, 5) is 1.63. The predicted octanol–water partition coefficient (Wildman–Crippen LogP) is 3.38. The van der Waals surface area contributed by atoms with Crippen LogP contribution in [0, 0.1) is 6.92 Å². The highest BCUT2D eigenvalue weighted by Crippen LogP contribution is 2.15. The summed E-state index contributed by atoms with van der Waals surface area (Å²) in [5.41, 5.74) is 3.88. The molecule has 0 aliphatic heterocycles. The van der Waals surface area contributed by atoms with Crippen molar-refractivity contribution in [2.24, 2.45) is 0 Å². The van der Waals surface area contributed by atoms with Gasteiger partial charge in [-0.3, -0.25) is 0 Å². The van der Waals surface area contributed by atoms with Crippen molar-refractivity contribution in [3.8, 4) is 5.69 Å². The van der Waals surface area contributed by atoms with Crippen LogP contribution in [-0.2, 0) is 0 Å². The second-order valence-corrected chi connectivity index (χ2v) is 4.39. The molecule has 0 spiro atoms. The Bertz CT molecular complexity index is 671. The Kier molecular flexibility index (Phi) is 2.34. The Balaban J connectivity index is 2.14. The van der Waals surface area contributed by atoms with Gasteiger partial charge in [-0.05, 0) is 48.9 Å². The van der Waals surface area contributed by atoms with Gasteiger partial charge < -0.3 is 0 Å². The second kappa shape index (κ2) is 3.86. The van der Waals surface area contributed by atoms with Crippen molar-refractivity contribution in [1.82, 2.24) is 15.0 Å². The number of nitrogens with zero attached hydrogens (tertiary/aromatic N) is 3. The van der Waals surface area contributed by atoms with Gasteiger partial charge in [-0.2, -0.15) is 4.80 Å². The third-order valence-corrected chi connectivity index (χ3v) is 2.85. The maximum absolute atomic E-state index is 5.85. The van der Waals surface area contributed by atoms with E-state index in [1.165, 1.54) is 5.56 Å². The van der Waals surface area contributed by atoms with Crippen LogP contribution in [0.5, 0.6) is 0 Å². The molecule has 0 aliphatic carbocycles. The smallest absolute Gasteiger partial charge is 0.113 e. The number of halogens is 1. The zero-order chi connectivity index (χ0) is 11.8. The lowest BCUT2D eigenvalue weighted by molar-refractivity contribution is 0.766. The third kappa shape index (κ3) is 1.89. The van der Waals surface area contributed by atoms with Crippen molar-refractivity contribution in [1.29, 1.82) is 0 Å². The van der Waals surface area contributed by atoms with Crippen LogP contribution < -0.4 is 0 Å². The van der Waals surface area contributed by atoms with E-state index in [1.807, 2.05) is 49.4 Å². The van der Waals surface area contributed by atoms with E-state index in [1.54, 1.807) is 4.80 Å². The van der Waals surface area contributed by atoms with Gasteiger partial charge in [0.2, 0.25) is 0 Å². The van der Waals surface area contributed by atoms with Gasteiger partial charge >= 0.3 is 0 Å². The highest BCUT2D eigenvalue weighted by Gasteiger charge is 2.04. The molecule has 0 bridgehead atoms. The summed E-state index contributed by atoms with van der Waals surface area (Å²) in [5.74, 6) is 0. The Hall–Kier alpha value is -1.87. The lowest BCUT2D eigenvalue weighted by atomic mass is 10.2. The first-order valence-electron chi connectivity index (χ1n) is 5.32. The fourth-order valence-electron chi connectivity index (χ4n) is 1.71. The molecule has 0 N–H and O–H groups in total. The van der Waals surface area contributed by atoms with Crippen LogP contribution in [0.1, 0.15) is 5.56 Å². The molecule has 0 aliphatic rings. The molecule has 0 saturated heterocycles. The van der Waals surface area contributed by atoms with E-state index in [0.29, 0.717) is 5.02 Å². The maximum atomic E-state index is 5.85. The molecule has 0 atom stereocenters. The summed E-state index contributed by atoms with van der Waals surface area (Å²) in [6.45, 7) is 2.04. The van der Waals surface area contributed by atoms with Crippen LogP contribution >= 0.6 is 11.6 Å². The van der Waals surface area contributed by atoms with Crippen molar-refractivity contribution < 1.29 is 0 Å². The first-order chi connectivity index (χ1) is 8.22. The minimum atomic E-state index is 0.710. The highest BCUT2D eigenvalue weighted by atomic mass is 35.5. The standard InChI is InChI=1S/C13H10ClN3/c1-9-2-7-12-13(8-9)16-17(15-12)11-5-3-10(14)4-6-11/h2-8H,1H3. The number of aryl methyl sites for hydroxylation is 1. The van der Waals surface area contributed by atoms with Crippen LogP contribution in [0.2, 0.25) is 5.02 Å². The second-order valence-electron chi connectivity index (χ2n) is 3.96. The molecular formula is C13H10ClN3. The van der Waals surface area contributed by atoms with Gasteiger partial charge in [0.25, 0.3) is 0 Å². The van der Waals surface area contributed by atoms with Crippen LogP contribution in [0.3, 0.4) is 0 Å². The van der Waals surface area contributed by atoms with E-state index in [4.69, 9.17) is 11.6 Å². The molecule has 2 aromatic carbocycles. The van der Waals surface area contributed by atoms with Gasteiger partial charge in [0, 0.05) is 5.02 Å². The van der Waals surface area contributed by atoms with E-state index in [9.17, 15) is 0 Å². The molecule has 3 nitrogen and oxygen atoms in total. The molecule has 84 valence electrons. The molecule has 3 rings (SSSR count). The highest BCUT2D eigenvalue weighted by molar-refractivity contribution is 6.30. The van der Waals surface area contributed by atoms with Gasteiger partial charge in [-0.1, -0.05) is 17.7 Å². The molecule has 0 amide bonds. The zero-order valence-corrected chi connectivity index (χ0v) is 10.0. The van der Waals surface area contributed by atoms with Gasteiger partial charge in [-0.15, -0.1) is 10.2 Å². The molecule has 4 heteroatoms. The minimum absolute atomic E-state index is 0.710. The first kappa shape index (κ1) is 10.3. The molecule has 1 aromatic heterocycles. The number of hydrogen-bond acceptors (Lipinski definition) is 2. The predicted molar refractivity (Wildman–Crippen MR) is 68.6 cm³/mol. The Morgan fingerprint density at radius 1 is 0.941 bits per heavy atom. The number of hydrogen-bond donors (Lipinski definition) is 0. The molecular weight excluding hydrogens is 234 g/mol. The minimum Gasteiger partial charge on any atom is -0.150 e. The Labute approximate surface area is 104 Å². The summed E-state index contributed by atoms with van der Waals surface area (Å²) >= 11 is 5.85. The van der Waals surface area contributed by atoms with Crippen molar-refractivity contribution in [2.75, 3.05) is 0 Å². The summed E-state index contributed by atoms with van der Waals surface area (Å²) in [6, 6.07) is 13.5. The van der Waals surface area contributed by atoms with Gasteiger partial charge in [-0.25, -0.2) is 0 Å². The summed E-state index contributed by atoms with van der Waals surface area (Å²) in [7, 11) is 0. The molecule has 0 fully saturated rings. The number of fused-ring (bicyclic) bond motifs is 1.